The number of aliphatic hydroxyl groups excluding tert-OH is 1. The van der Waals surface area contributed by atoms with Crippen LogP contribution in [-0.2, 0) is 6.61 Å². The molecular weight excluding hydrogens is 360 g/mol. The summed E-state index contributed by atoms with van der Waals surface area (Å²) in [5.74, 6) is 1.45. The molecule has 0 aliphatic rings. The molecule has 0 saturated heterocycles. The lowest BCUT2D eigenvalue weighted by Crippen LogP contribution is -1.93. The van der Waals surface area contributed by atoms with E-state index in [-0.39, 0.29) is 6.61 Å². The fraction of sp³-hybridized carbons (Fsp3) is 0.154. The van der Waals surface area contributed by atoms with Crippen molar-refractivity contribution in [3.8, 4) is 22.6 Å². The Kier molecular flexibility index (Phi) is 6.53. The van der Waals surface area contributed by atoms with Crippen molar-refractivity contribution in [3.63, 3.8) is 0 Å². The quantitative estimate of drug-likeness (QED) is 0.507. The lowest BCUT2D eigenvalue weighted by Gasteiger charge is -2.12. The van der Waals surface area contributed by atoms with E-state index in [1.165, 1.54) is 5.56 Å². The number of aliphatic hydroxyl groups is 1. The molecule has 0 amide bonds. The Balaban J connectivity index is 1.99. The van der Waals surface area contributed by atoms with Crippen LogP contribution in [0.1, 0.15) is 27.8 Å². The summed E-state index contributed by atoms with van der Waals surface area (Å²) in [6, 6.07) is 18.2. The number of hydrogen-bond donors (Lipinski definition) is 1. The maximum Gasteiger partial charge on any atom is 0.130 e. The molecule has 0 heterocycles. The molecule has 3 nitrogen and oxygen atoms in total. The smallest absolute Gasteiger partial charge is 0.130 e. The minimum atomic E-state index is 0.0385. The molecule has 0 unspecified atom stereocenters. The van der Waals surface area contributed by atoms with Crippen molar-refractivity contribution >= 4 is 18.2 Å². The average Bonchev–Trinajstić information content (AvgIpc) is 2.77. The molecule has 0 saturated carbocycles. The summed E-state index contributed by atoms with van der Waals surface area (Å²) < 4.78 is 11.0. The van der Waals surface area contributed by atoms with Crippen LogP contribution in [-0.4, -0.2) is 19.3 Å². The third-order valence-electron chi connectivity index (χ3n) is 5.02. The second kappa shape index (κ2) is 9.26. The highest BCUT2D eigenvalue weighted by atomic mass is 16.5. The summed E-state index contributed by atoms with van der Waals surface area (Å²) in [5.41, 5.74) is 7.29. The van der Waals surface area contributed by atoms with E-state index in [9.17, 15) is 5.11 Å². The van der Waals surface area contributed by atoms with Gasteiger partial charge in [0.25, 0.3) is 0 Å². The van der Waals surface area contributed by atoms with Crippen LogP contribution in [0.2, 0.25) is 0 Å². The lowest BCUT2D eigenvalue weighted by molar-refractivity contribution is 0.282. The Morgan fingerprint density at radius 3 is 2.24 bits per heavy atom. The Hall–Kier alpha value is -3.30. The molecule has 0 radical (unpaired) electrons. The third-order valence-corrected chi connectivity index (χ3v) is 5.02. The maximum absolute atomic E-state index is 9.43. The zero-order valence-electron chi connectivity index (χ0n) is 17.1. The second-order valence-corrected chi connectivity index (χ2v) is 6.75. The average molecular weight is 386 g/mol. The third kappa shape index (κ3) is 4.41. The van der Waals surface area contributed by atoms with E-state index in [1.54, 1.807) is 20.3 Å². The zero-order chi connectivity index (χ0) is 20.8. The van der Waals surface area contributed by atoms with E-state index in [0.717, 1.165) is 44.9 Å². The largest absolute Gasteiger partial charge is 0.496 e. The van der Waals surface area contributed by atoms with E-state index < -0.39 is 0 Å². The van der Waals surface area contributed by atoms with E-state index >= 15 is 0 Å². The van der Waals surface area contributed by atoms with Crippen LogP contribution in [0, 0.1) is 6.92 Å². The summed E-state index contributed by atoms with van der Waals surface area (Å²) in [6.45, 7) is 5.99. The van der Waals surface area contributed by atoms with Crippen molar-refractivity contribution in [2.24, 2.45) is 0 Å². The van der Waals surface area contributed by atoms with E-state index in [0.29, 0.717) is 0 Å². The van der Waals surface area contributed by atoms with Gasteiger partial charge in [-0.2, -0.15) is 0 Å². The normalized spacial score (nSPS) is 10.9. The topological polar surface area (TPSA) is 38.7 Å². The molecule has 0 fully saturated rings. The van der Waals surface area contributed by atoms with E-state index in [4.69, 9.17) is 9.47 Å². The number of methoxy groups -OCH3 is 2. The molecule has 3 aromatic carbocycles. The Labute approximate surface area is 172 Å². The number of rotatable bonds is 7. The number of hydrogen-bond acceptors (Lipinski definition) is 3. The van der Waals surface area contributed by atoms with E-state index in [1.807, 2.05) is 36.4 Å². The molecular formula is C26H26O3. The van der Waals surface area contributed by atoms with Gasteiger partial charge in [0.2, 0.25) is 0 Å². The van der Waals surface area contributed by atoms with Crippen molar-refractivity contribution in [3.05, 3.63) is 89.0 Å². The molecule has 3 aromatic rings. The van der Waals surface area contributed by atoms with Crippen LogP contribution in [0.4, 0.5) is 0 Å². The van der Waals surface area contributed by atoms with Gasteiger partial charge in [-0.25, -0.2) is 0 Å². The molecule has 0 aromatic heterocycles. The molecule has 0 spiro atoms. The highest BCUT2D eigenvalue weighted by Crippen LogP contribution is 2.33. The SMILES string of the molecule is C=Cc1c(OC)cc(/C=C/c2cccc(-c3cccc(CO)c3)c2C)cc1OC. The minimum absolute atomic E-state index is 0.0385. The van der Waals surface area contributed by atoms with E-state index in [2.05, 4.69) is 43.8 Å². The molecule has 29 heavy (non-hydrogen) atoms. The Morgan fingerprint density at radius 1 is 0.931 bits per heavy atom. The van der Waals surface area contributed by atoms with Gasteiger partial charge < -0.3 is 14.6 Å². The van der Waals surface area contributed by atoms with Crippen LogP contribution < -0.4 is 9.47 Å². The van der Waals surface area contributed by atoms with Crippen molar-refractivity contribution in [2.45, 2.75) is 13.5 Å². The lowest BCUT2D eigenvalue weighted by atomic mass is 9.95. The highest BCUT2D eigenvalue weighted by molar-refractivity contribution is 5.79. The first-order valence-electron chi connectivity index (χ1n) is 9.47. The standard InChI is InChI=1S/C26H26O3/c1-5-23-25(28-3)15-19(16-26(23)29-4)12-13-21-9-7-11-24(18(21)2)22-10-6-8-20(14-22)17-27/h5-16,27H,1,17H2,2-4H3/b13-12+. The maximum atomic E-state index is 9.43. The number of ether oxygens (including phenoxy) is 2. The van der Waals surface area contributed by atoms with Crippen molar-refractivity contribution in [1.29, 1.82) is 0 Å². The summed E-state index contributed by atoms with van der Waals surface area (Å²) in [5, 5.41) is 9.43. The van der Waals surface area contributed by atoms with Crippen LogP contribution >= 0.6 is 0 Å². The fourth-order valence-corrected chi connectivity index (χ4v) is 3.43. The molecule has 3 heteroatoms. The monoisotopic (exact) mass is 386 g/mol. The van der Waals surface area contributed by atoms with Crippen LogP contribution in [0.25, 0.3) is 29.4 Å². The first-order chi connectivity index (χ1) is 14.1. The van der Waals surface area contributed by atoms with Gasteiger partial charge in [-0.3, -0.25) is 0 Å². The molecule has 0 atom stereocenters. The van der Waals surface area contributed by atoms with Crippen molar-refractivity contribution < 1.29 is 14.6 Å². The predicted molar refractivity (Wildman–Crippen MR) is 121 cm³/mol. The second-order valence-electron chi connectivity index (χ2n) is 6.75. The van der Waals surface area contributed by atoms with Crippen molar-refractivity contribution in [2.75, 3.05) is 14.2 Å². The molecule has 0 bridgehead atoms. The summed E-state index contributed by atoms with van der Waals surface area (Å²) in [6.07, 6.45) is 5.88. The summed E-state index contributed by atoms with van der Waals surface area (Å²) in [4.78, 5) is 0. The van der Waals surface area contributed by atoms with Crippen molar-refractivity contribution in [1.82, 2.24) is 0 Å². The molecule has 1 N–H and O–H groups in total. The van der Waals surface area contributed by atoms with Gasteiger partial charge in [-0.05, 0) is 58.5 Å². The van der Waals surface area contributed by atoms with Gasteiger partial charge in [-0.15, -0.1) is 0 Å². The molecule has 148 valence electrons. The first kappa shape index (κ1) is 20.4. The summed E-state index contributed by atoms with van der Waals surface area (Å²) >= 11 is 0. The van der Waals surface area contributed by atoms with Gasteiger partial charge in [0.1, 0.15) is 11.5 Å². The minimum Gasteiger partial charge on any atom is -0.496 e. The predicted octanol–water partition coefficient (Wildman–Crippen LogP) is 5.98. The van der Waals surface area contributed by atoms with Crippen LogP contribution in [0.3, 0.4) is 0 Å². The molecule has 0 aliphatic carbocycles. The first-order valence-corrected chi connectivity index (χ1v) is 9.47. The number of benzene rings is 3. The van der Waals surface area contributed by atoms with Gasteiger partial charge in [0, 0.05) is 0 Å². The Morgan fingerprint density at radius 2 is 1.62 bits per heavy atom. The van der Waals surface area contributed by atoms with Gasteiger partial charge >= 0.3 is 0 Å². The van der Waals surface area contributed by atoms with Gasteiger partial charge in [-0.1, -0.05) is 61.2 Å². The Bertz CT molecular complexity index is 1020. The van der Waals surface area contributed by atoms with Gasteiger partial charge in [0.15, 0.2) is 0 Å². The van der Waals surface area contributed by atoms with Crippen LogP contribution in [0.15, 0.2) is 61.2 Å². The summed E-state index contributed by atoms with van der Waals surface area (Å²) in [7, 11) is 3.28. The molecule has 0 aliphatic heterocycles. The highest BCUT2D eigenvalue weighted by Gasteiger charge is 2.09. The zero-order valence-corrected chi connectivity index (χ0v) is 17.1. The fourth-order valence-electron chi connectivity index (χ4n) is 3.43. The molecule has 3 rings (SSSR count). The van der Waals surface area contributed by atoms with Crippen LogP contribution in [0.5, 0.6) is 11.5 Å². The van der Waals surface area contributed by atoms with Gasteiger partial charge in [0.05, 0.1) is 26.4 Å².